The molecule has 3 aliphatic rings. The number of carboxylic acids is 3. The number of furan rings is 1. The second-order valence-corrected chi connectivity index (χ2v) is 9.91. The highest BCUT2D eigenvalue weighted by atomic mass is 19.4. The van der Waals surface area contributed by atoms with Crippen LogP contribution in [0.15, 0.2) is 22.8 Å². The lowest BCUT2D eigenvalue weighted by atomic mass is 9.84. The van der Waals surface area contributed by atoms with E-state index in [2.05, 4.69) is 27.8 Å². The van der Waals surface area contributed by atoms with E-state index >= 15 is 0 Å². The number of piperazine rings is 1. The second-order valence-electron chi connectivity index (χ2n) is 9.91. The van der Waals surface area contributed by atoms with Crippen molar-refractivity contribution in [2.75, 3.05) is 59.5 Å². The van der Waals surface area contributed by atoms with Gasteiger partial charge in [0.05, 0.1) is 25.5 Å². The lowest BCUT2D eigenvalue weighted by Gasteiger charge is -2.38. The van der Waals surface area contributed by atoms with Crippen LogP contribution in [-0.2, 0) is 25.7 Å². The summed E-state index contributed by atoms with van der Waals surface area (Å²) in [5, 5.41) is 21.4. The standard InChI is InChI=1S/C18H29N3O2.3C2HF3O2/c1-19-6-8-20(9-7-19)13-18-17-12-21(5-4-15(17)14-23-18)11-16-3-2-10-22-16;3*3-2(4,5)1(6)7/h2-3,10,15,17-18H,4-9,11-14H2,1H3;3*(H,6,7)/t15-,17-,18+;;;/m0.../s1. The number of nitrogens with zero attached hydrogens (tertiary/aromatic N) is 3. The molecule has 1 aromatic rings. The molecule has 0 spiro atoms. The number of fused-ring (bicyclic) bond motifs is 1. The predicted molar refractivity (Wildman–Crippen MR) is 130 cm³/mol. The van der Waals surface area contributed by atoms with Gasteiger partial charge in [-0.05, 0) is 38.1 Å². The van der Waals surface area contributed by atoms with E-state index in [1.807, 2.05) is 6.07 Å². The van der Waals surface area contributed by atoms with E-state index in [9.17, 15) is 39.5 Å². The minimum absolute atomic E-state index is 0.419. The number of carboxylic acid groups (broad SMARTS) is 3. The topological polar surface area (TPSA) is 144 Å². The highest BCUT2D eigenvalue weighted by Gasteiger charge is 2.42. The molecule has 44 heavy (non-hydrogen) atoms. The summed E-state index contributed by atoms with van der Waals surface area (Å²) in [7, 11) is 2.22. The molecular formula is C24H32F9N3O8. The molecule has 0 aromatic carbocycles. The molecule has 3 aliphatic heterocycles. The number of likely N-dealkylation sites (tertiary alicyclic amines) is 1. The number of aliphatic carboxylic acids is 3. The van der Waals surface area contributed by atoms with Gasteiger partial charge in [-0.15, -0.1) is 0 Å². The van der Waals surface area contributed by atoms with Gasteiger partial charge in [0, 0.05) is 45.2 Å². The summed E-state index contributed by atoms with van der Waals surface area (Å²) in [6, 6.07) is 4.07. The molecule has 1 aromatic heterocycles. The Morgan fingerprint density at radius 1 is 0.818 bits per heavy atom. The number of carbonyl (C=O) groups is 3. The smallest absolute Gasteiger partial charge is 0.475 e. The molecule has 3 N–H and O–H groups in total. The molecule has 3 atom stereocenters. The Balaban J connectivity index is 0.000000379. The lowest BCUT2D eigenvalue weighted by molar-refractivity contribution is -0.193. The quantitative estimate of drug-likeness (QED) is 0.409. The van der Waals surface area contributed by atoms with E-state index in [1.165, 1.54) is 39.1 Å². The number of hydrogen-bond donors (Lipinski definition) is 3. The van der Waals surface area contributed by atoms with Crippen molar-refractivity contribution >= 4 is 17.9 Å². The van der Waals surface area contributed by atoms with Gasteiger partial charge in [-0.25, -0.2) is 14.4 Å². The Kier molecular flexibility index (Phi) is 14.9. The molecule has 0 bridgehead atoms. The third-order valence-corrected chi connectivity index (χ3v) is 6.61. The number of rotatable bonds is 4. The minimum atomic E-state index is -5.08. The summed E-state index contributed by atoms with van der Waals surface area (Å²) in [5.74, 6) is -5.73. The van der Waals surface area contributed by atoms with Crippen molar-refractivity contribution in [2.24, 2.45) is 11.8 Å². The molecule has 20 heteroatoms. The molecule has 11 nitrogen and oxygen atoms in total. The third kappa shape index (κ3) is 14.6. The highest BCUT2D eigenvalue weighted by Crippen LogP contribution is 2.35. The minimum Gasteiger partial charge on any atom is -0.475 e. The maximum absolute atomic E-state index is 10.6. The fourth-order valence-corrected chi connectivity index (χ4v) is 4.34. The maximum atomic E-state index is 10.6. The predicted octanol–water partition coefficient (Wildman–Crippen LogP) is 3.26. The first kappa shape index (κ1) is 38.9. The Morgan fingerprint density at radius 2 is 1.30 bits per heavy atom. The van der Waals surface area contributed by atoms with Crippen LogP contribution in [0.1, 0.15) is 12.2 Å². The maximum Gasteiger partial charge on any atom is 0.490 e. The number of alkyl halides is 9. The number of piperidine rings is 1. The summed E-state index contributed by atoms with van der Waals surface area (Å²) < 4.78 is 107. The molecule has 254 valence electrons. The first-order valence-corrected chi connectivity index (χ1v) is 12.8. The largest absolute Gasteiger partial charge is 0.490 e. The van der Waals surface area contributed by atoms with Crippen LogP contribution < -0.4 is 0 Å². The van der Waals surface area contributed by atoms with Gasteiger partial charge < -0.3 is 29.4 Å². The lowest BCUT2D eigenvalue weighted by Crippen LogP contribution is -2.49. The van der Waals surface area contributed by atoms with E-state index in [0.29, 0.717) is 12.0 Å². The summed E-state index contributed by atoms with van der Waals surface area (Å²) in [6.45, 7) is 10.1. The monoisotopic (exact) mass is 661 g/mol. The fourth-order valence-electron chi connectivity index (χ4n) is 4.34. The molecule has 0 unspecified atom stereocenters. The van der Waals surface area contributed by atoms with Crippen LogP contribution in [0.2, 0.25) is 0 Å². The van der Waals surface area contributed by atoms with Gasteiger partial charge in [-0.3, -0.25) is 9.80 Å². The molecule has 0 amide bonds. The highest BCUT2D eigenvalue weighted by molar-refractivity contribution is 5.73. The fraction of sp³-hybridized carbons (Fsp3) is 0.708. The SMILES string of the molecule is CN1CCN(C[C@H]2OC[C@@H]3CCN(Cc4ccco4)C[C@@H]32)CC1.O=C(O)C(F)(F)F.O=C(O)C(F)(F)F.O=C(O)C(F)(F)F. The Bertz CT molecular complexity index is 971. The Morgan fingerprint density at radius 3 is 1.70 bits per heavy atom. The molecule has 4 rings (SSSR count). The van der Waals surface area contributed by atoms with Gasteiger partial charge in [0.2, 0.25) is 0 Å². The number of likely N-dealkylation sites (N-methyl/N-ethyl adjacent to an activating group) is 1. The normalized spacial score (nSPS) is 23.1. The second kappa shape index (κ2) is 16.8. The van der Waals surface area contributed by atoms with Gasteiger partial charge in [0.25, 0.3) is 0 Å². The average molecular weight is 662 g/mol. The average Bonchev–Trinajstić information content (AvgIpc) is 3.55. The van der Waals surface area contributed by atoms with Crippen molar-refractivity contribution in [1.29, 1.82) is 0 Å². The van der Waals surface area contributed by atoms with Gasteiger partial charge in [0.1, 0.15) is 5.76 Å². The summed E-state index contributed by atoms with van der Waals surface area (Å²) in [4.78, 5) is 34.2. The molecule has 3 fully saturated rings. The van der Waals surface area contributed by atoms with Crippen LogP contribution >= 0.6 is 0 Å². The molecule has 0 aliphatic carbocycles. The van der Waals surface area contributed by atoms with Crippen molar-refractivity contribution in [2.45, 2.75) is 37.6 Å². The van der Waals surface area contributed by atoms with Crippen LogP contribution in [0.5, 0.6) is 0 Å². The van der Waals surface area contributed by atoms with E-state index < -0.39 is 36.4 Å². The van der Waals surface area contributed by atoms with Crippen LogP contribution in [0.3, 0.4) is 0 Å². The van der Waals surface area contributed by atoms with E-state index in [0.717, 1.165) is 37.9 Å². The van der Waals surface area contributed by atoms with Crippen LogP contribution in [0.25, 0.3) is 0 Å². The van der Waals surface area contributed by atoms with Crippen molar-refractivity contribution in [3.63, 3.8) is 0 Å². The van der Waals surface area contributed by atoms with E-state index in [-0.39, 0.29) is 0 Å². The first-order chi connectivity index (χ1) is 20.1. The number of hydrogen-bond acceptors (Lipinski definition) is 8. The van der Waals surface area contributed by atoms with E-state index in [1.54, 1.807) is 6.26 Å². The molecule has 0 radical (unpaired) electrons. The summed E-state index contributed by atoms with van der Waals surface area (Å²) in [5.41, 5.74) is 0. The van der Waals surface area contributed by atoms with E-state index in [4.69, 9.17) is 38.9 Å². The Hall–Kier alpha value is -3.10. The van der Waals surface area contributed by atoms with Gasteiger partial charge in [0.15, 0.2) is 0 Å². The molecule has 4 heterocycles. The Labute approximate surface area is 244 Å². The van der Waals surface area contributed by atoms with Gasteiger partial charge in [-0.2, -0.15) is 39.5 Å². The van der Waals surface area contributed by atoms with Crippen LogP contribution in [0, 0.1) is 11.8 Å². The van der Waals surface area contributed by atoms with Crippen molar-refractivity contribution < 1.29 is 78.4 Å². The first-order valence-electron chi connectivity index (χ1n) is 12.8. The zero-order valence-electron chi connectivity index (χ0n) is 23.2. The summed E-state index contributed by atoms with van der Waals surface area (Å²) in [6.07, 6.45) is -11.8. The van der Waals surface area contributed by atoms with Gasteiger partial charge >= 0.3 is 36.4 Å². The zero-order chi connectivity index (χ0) is 33.9. The number of ether oxygens (including phenoxy) is 1. The molecule has 3 saturated heterocycles. The van der Waals surface area contributed by atoms with Crippen LogP contribution in [-0.4, -0.2) is 132 Å². The summed E-state index contributed by atoms with van der Waals surface area (Å²) >= 11 is 0. The van der Waals surface area contributed by atoms with Crippen LogP contribution in [0.4, 0.5) is 39.5 Å². The zero-order valence-corrected chi connectivity index (χ0v) is 23.2. The third-order valence-electron chi connectivity index (χ3n) is 6.61. The van der Waals surface area contributed by atoms with Crippen molar-refractivity contribution in [3.8, 4) is 0 Å². The number of halogens is 9. The van der Waals surface area contributed by atoms with Crippen molar-refractivity contribution in [3.05, 3.63) is 24.2 Å². The van der Waals surface area contributed by atoms with Gasteiger partial charge in [-0.1, -0.05) is 0 Å². The van der Waals surface area contributed by atoms with Crippen molar-refractivity contribution in [1.82, 2.24) is 14.7 Å². The molecule has 0 saturated carbocycles. The molecular weight excluding hydrogens is 629 g/mol.